The van der Waals surface area contributed by atoms with E-state index in [0.717, 1.165) is 16.5 Å². The molecule has 0 atom stereocenters. The average Bonchev–Trinajstić information content (AvgIpc) is 2.67. The normalized spacial score (nSPS) is 11.1. The summed E-state index contributed by atoms with van der Waals surface area (Å²) in [5.74, 6) is 6.58. The Kier molecular flexibility index (Phi) is 1.81. The zero-order valence-corrected chi connectivity index (χ0v) is 8.69. The van der Waals surface area contributed by atoms with E-state index in [2.05, 4.69) is 15.4 Å². The third-order valence-electron chi connectivity index (χ3n) is 2.47. The largest absolute Gasteiger partial charge is 0.450 e. The minimum Gasteiger partial charge on any atom is -0.450 e. The number of anilines is 1. The van der Waals surface area contributed by atoms with Crippen LogP contribution in [0, 0.1) is 6.92 Å². The third-order valence-corrected chi connectivity index (χ3v) is 2.47. The molecule has 80 valence electrons. The molecule has 0 unspecified atom stereocenters. The lowest BCUT2D eigenvalue weighted by molar-refractivity contribution is 0.666. The van der Waals surface area contributed by atoms with Crippen LogP contribution >= 0.6 is 0 Å². The summed E-state index contributed by atoms with van der Waals surface area (Å²) in [5, 5.41) is 0.972. The van der Waals surface area contributed by atoms with Crippen LogP contribution in [0.1, 0.15) is 5.82 Å². The van der Waals surface area contributed by atoms with Crippen LogP contribution in [0.15, 0.2) is 28.7 Å². The van der Waals surface area contributed by atoms with Crippen molar-refractivity contribution in [1.82, 2.24) is 9.97 Å². The van der Waals surface area contributed by atoms with Crippen molar-refractivity contribution in [3.63, 3.8) is 0 Å². The maximum Gasteiger partial charge on any atom is 0.197 e. The van der Waals surface area contributed by atoms with Crippen LogP contribution in [0.2, 0.25) is 0 Å². The molecule has 0 amide bonds. The number of aromatic nitrogens is 2. The van der Waals surface area contributed by atoms with Gasteiger partial charge in [-0.1, -0.05) is 12.1 Å². The van der Waals surface area contributed by atoms with Gasteiger partial charge in [0.25, 0.3) is 0 Å². The summed E-state index contributed by atoms with van der Waals surface area (Å²) in [6.45, 7) is 1.82. The van der Waals surface area contributed by atoms with Gasteiger partial charge in [0.15, 0.2) is 11.4 Å². The molecule has 0 aliphatic heterocycles. The van der Waals surface area contributed by atoms with Gasteiger partial charge in [-0.25, -0.2) is 15.8 Å². The van der Waals surface area contributed by atoms with E-state index in [9.17, 15) is 0 Å². The summed E-state index contributed by atoms with van der Waals surface area (Å²) in [6, 6.07) is 7.73. The van der Waals surface area contributed by atoms with Gasteiger partial charge in [-0.3, -0.25) is 0 Å². The molecule has 0 saturated heterocycles. The smallest absolute Gasteiger partial charge is 0.197 e. The number of nitrogens with zero attached hydrogens (tertiary/aromatic N) is 2. The van der Waals surface area contributed by atoms with E-state index in [1.165, 1.54) is 0 Å². The fourth-order valence-electron chi connectivity index (χ4n) is 1.80. The molecule has 3 rings (SSSR count). The van der Waals surface area contributed by atoms with Crippen LogP contribution in [0.3, 0.4) is 0 Å². The molecule has 0 radical (unpaired) electrons. The molecule has 2 aromatic heterocycles. The average molecular weight is 214 g/mol. The number of rotatable bonds is 1. The van der Waals surface area contributed by atoms with Crippen molar-refractivity contribution in [3.8, 4) is 0 Å². The van der Waals surface area contributed by atoms with Gasteiger partial charge >= 0.3 is 0 Å². The molecule has 0 aliphatic carbocycles. The molecule has 0 bridgehead atoms. The minimum absolute atomic E-state index is 0.513. The van der Waals surface area contributed by atoms with E-state index in [1.807, 2.05) is 31.2 Å². The maximum atomic E-state index is 5.66. The van der Waals surface area contributed by atoms with Crippen molar-refractivity contribution in [2.75, 3.05) is 5.43 Å². The Labute approximate surface area is 91.3 Å². The van der Waals surface area contributed by atoms with Crippen LogP contribution in [-0.2, 0) is 0 Å². The lowest BCUT2D eigenvalue weighted by Gasteiger charge is -1.99. The van der Waals surface area contributed by atoms with E-state index in [1.54, 1.807) is 0 Å². The molecule has 16 heavy (non-hydrogen) atoms. The molecule has 0 spiro atoms. The van der Waals surface area contributed by atoms with E-state index >= 15 is 0 Å². The van der Waals surface area contributed by atoms with Crippen LogP contribution < -0.4 is 11.3 Å². The predicted octanol–water partition coefficient (Wildman–Crippen LogP) is 1.97. The number of nitrogens with one attached hydrogen (secondary N) is 1. The first-order valence-electron chi connectivity index (χ1n) is 4.92. The van der Waals surface area contributed by atoms with Crippen LogP contribution in [0.4, 0.5) is 5.82 Å². The zero-order valence-electron chi connectivity index (χ0n) is 8.69. The Balaban J connectivity index is 2.54. The number of nitrogens with two attached hydrogens (primary N) is 1. The van der Waals surface area contributed by atoms with E-state index in [0.29, 0.717) is 17.2 Å². The number of fused-ring (bicyclic) bond motifs is 3. The Bertz CT molecular complexity index is 674. The maximum absolute atomic E-state index is 5.66. The third kappa shape index (κ3) is 1.15. The molecule has 0 aliphatic rings. The molecular formula is C11H10N4O. The number of hydrogen-bond acceptors (Lipinski definition) is 5. The monoisotopic (exact) mass is 214 g/mol. The molecule has 3 aromatic rings. The highest BCUT2D eigenvalue weighted by atomic mass is 16.3. The minimum atomic E-state index is 0.513. The number of benzene rings is 1. The van der Waals surface area contributed by atoms with Gasteiger partial charge in [-0.15, -0.1) is 0 Å². The van der Waals surface area contributed by atoms with Crippen LogP contribution in [0.25, 0.3) is 22.1 Å². The number of nitrogen functional groups attached to an aromatic ring is 1. The molecule has 0 saturated carbocycles. The van der Waals surface area contributed by atoms with Crippen molar-refractivity contribution in [2.24, 2.45) is 5.84 Å². The summed E-state index contributed by atoms with van der Waals surface area (Å²) in [6.07, 6.45) is 0. The molecule has 1 aromatic carbocycles. The Hall–Kier alpha value is -2.14. The first-order chi connectivity index (χ1) is 7.79. The quantitative estimate of drug-likeness (QED) is 0.478. The predicted molar refractivity (Wildman–Crippen MR) is 61.9 cm³/mol. The summed E-state index contributed by atoms with van der Waals surface area (Å²) in [4.78, 5) is 8.55. The first-order valence-corrected chi connectivity index (χ1v) is 4.92. The SMILES string of the molecule is Cc1nc(NN)c2oc3ccccc3c2n1. The fourth-order valence-corrected chi connectivity index (χ4v) is 1.80. The van der Waals surface area contributed by atoms with Crippen molar-refractivity contribution >= 4 is 27.9 Å². The zero-order chi connectivity index (χ0) is 11.1. The summed E-state index contributed by atoms with van der Waals surface area (Å²) >= 11 is 0. The highest BCUT2D eigenvalue weighted by Gasteiger charge is 2.13. The summed E-state index contributed by atoms with van der Waals surface area (Å²) in [5.41, 5.74) is 4.69. The Morgan fingerprint density at radius 2 is 2.06 bits per heavy atom. The Morgan fingerprint density at radius 3 is 2.88 bits per heavy atom. The van der Waals surface area contributed by atoms with Crippen LogP contribution in [0.5, 0.6) is 0 Å². The Morgan fingerprint density at radius 1 is 1.25 bits per heavy atom. The van der Waals surface area contributed by atoms with Gasteiger partial charge in [0, 0.05) is 5.39 Å². The van der Waals surface area contributed by atoms with Gasteiger partial charge in [0.1, 0.15) is 16.9 Å². The summed E-state index contributed by atoms with van der Waals surface area (Å²) < 4.78 is 5.66. The number of furan rings is 1. The lowest BCUT2D eigenvalue weighted by atomic mass is 10.2. The fraction of sp³-hybridized carbons (Fsp3) is 0.0909. The van der Waals surface area contributed by atoms with E-state index in [4.69, 9.17) is 10.3 Å². The molecule has 3 N–H and O–H groups in total. The van der Waals surface area contributed by atoms with Crippen molar-refractivity contribution in [3.05, 3.63) is 30.1 Å². The van der Waals surface area contributed by atoms with Gasteiger partial charge in [0.05, 0.1) is 0 Å². The standard InChI is InChI=1S/C11H10N4O/c1-6-13-9-7-4-2-3-5-8(7)16-10(9)11(14-6)15-12/h2-5H,12H2,1H3,(H,13,14,15). The number of hydrogen-bond donors (Lipinski definition) is 2. The second kappa shape index (κ2) is 3.18. The van der Waals surface area contributed by atoms with Crippen molar-refractivity contribution in [1.29, 1.82) is 0 Å². The second-order valence-corrected chi connectivity index (χ2v) is 3.54. The topological polar surface area (TPSA) is 77.0 Å². The highest BCUT2D eigenvalue weighted by Crippen LogP contribution is 2.30. The molecule has 5 heteroatoms. The van der Waals surface area contributed by atoms with Gasteiger partial charge < -0.3 is 9.84 Å². The molecule has 0 fully saturated rings. The molecular weight excluding hydrogens is 204 g/mol. The van der Waals surface area contributed by atoms with Gasteiger partial charge in [0.2, 0.25) is 0 Å². The molecule has 2 heterocycles. The van der Waals surface area contributed by atoms with E-state index in [-0.39, 0.29) is 0 Å². The summed E-state index contributed by atoms with van der Waals surface area (Å²) in [7, 11) is 0. The lowest BCUT2D eigenvalue weighted by Crippen LogP contribution is -2.09. The van der Waals surface area contributed by atoms with E-state index < -0.39 is 0 Å². The second-order valence-electron chi connectivity index (χ2n) is 3.54. The van der Waals surface area contributed by atoms with Gasteiger partial charge in [-0.05, 0) is 19.1 Å². The number of aryl methyl sites for hydroxylation is 1. The molecule has 5 nitrogen and oxygen atoms in total. The van der Waals surface area contributed by atoms with Gasteiger partial charge in [-0.2, -0.15) is 0 Å². The number of para-hydroxylation sites is 1. The first kappa shape index (κ1) is 9.11. The number of hydrazine groups is 1. The van der Waals surface area contributed by atoms with Crippen molar-refractivity contribution < 1.29 is 4.42 Å². The van der Waals surface area contributed by atoms with Crippen LogP contribution in [-0.4, -0.2) is 9.97 Å². The highest BCUT2D eigenvalue weighted by molar-refractivity contribution is 6.05. The van der Waals surface area contributed by atoms with Crippen molar-refractivity contribution in [2.45, 2.75) is 6.92 Å².